The molecule has 0 bridgehead atoms. The van der Waals surface area contributed by atoms with Crippen LogP contribution in [0.5, 0.6) is 0 Å². The molecule has 0 heterocycles. The van der Waals surface area contributed by atoms with Gasteiger partial charge < -0.3 is 15.4 Å². The van der Waals surface area contributed by atoms with Crippen molar-refractivity contribution in [3.05, 3.63) is 64.4 Å². The van der Waals surface area contributed by atoms with Gasteiger partial charge in [-0.15, -0.1) is 0 Å². The van der Waals surface area contributed by atoms with E-state index >= 15 is 0 Å². The highest BCUT2D eigenvalue weighted by Crippen LogP contribution is 2.19. The van der Waals surface area contributed by atoms with Gasteiger partial charge in [-0.3, -0.25) is 14.4 Å². The fraction of sp³-hybridized carbons (Fsp3) is 0.250. The van der Waals surface area contributed by atoms with Gasteiger partial charge in [-0.2, -0.15) is 0 Å². The van der Waals surface area contributed by atoms with Crippen LogP contribution in [0.1, 0.15) is 29.3 Å². The van der Waals surface area contributed by atoms with Crippen LogP contribution >= 0.6 is 11.6 Å². The topological polar surface area (TPSA) is 84.5 Å². The number of carbonyl (C=O) groups excluding carboxylic acids is 3. The zero-order valence-corrected chi connectivity index (χ0v) is 16.2. The summed E-state index contributed by atoms with van der Waals surface area (Å²) >= 11 is 5.65. The average Bonchev–Trinajstić information content (AvgIpc) is 2.64. The molecule has 0 fully saturated rings. The third kappa shape index (κ3) is 6.06. The molecule has 0 aliphatic heterocycles. The van der Waals surface area contributed by atoms with E-state index in [9.17, 15) is 18.8 Å². The van der Waals surface area contributed by atoms with Crippen LogP contribution in [0.2, 0.25) is 5.02 Å². The van der Waals surface area contributed by atoms with Crippen LogP contribution in [0.4, 0.5) is 10.1 Å². The SMILES string of the molecule is Cc1ccccc1C(=O)NCCC(=O)OC(C)C(=O)Nc1ccc(Cl)cc1F. The lowest BCUT2D eigenvalue weighted by Crippen LogP contribution is -2.32. The van der Waals surface area contributed by atoms with Crippen molar-refractivity contribution in [3.63, 3.8) is 0 Å². The predicted molar refractivity (Wildman–Crippen MR) is 104 cm³/mol. The molecule has 2 aromatic carbocycles. The number of ether oxygens (including phenoxy) is 1. The van der Waals surface area contributed by atoms with Crippen LogP contribution in [0.15, 0.2) is 42.5 Å². The number of nitrogens with one attached hydrogen (secondary N) is 2. The lowest BCUT2D eigenvalue weighted by atomic mass is 10.1. The molecular weight excluding hydrogens is 387 g/mol. The number of aryl methyl sites for hydroxylation is 1. The quantitative estimate of drug-likeness (QED) is 0.689. The molecule has 2 N–H and O–H groups in total. The zero-order valence-electron chi connectivity index (χ0n) is 15.4. The molecule has 2 amide bonds. The first-order chi connectivity index (χ1) is 13.3. The lowest BCUT2D eigenvalue weighted by Gasteiger charge is -2.14. The summed E-state index contributed by atoms with van der Waals surface area (Å²) in [4.78, 5) is 36.0. The van der Waals surface area contributed by atoms with Gasteiger partial charge in [-0.05, 0) is 43.7 Å². The Kier molecular flexibility index (Phi) is 7.52. The Hall–Kier alpha value is -2.93. The number of hydrogen-bond donors (Lipinski definition) is 2. The van der Waals surface area contributed by atoms with Gasteiger partial charge in [0, 0.05) is 17.1 Å². The van der Waals surface area contributed by atoms with Crippen LogP contribution in [0, 0.1) is 12.7 Å². The van der Waals surface area contributed by atoms with Crippen molar-refractivity contribution >= 4 is 35.1 Å². The highest BCUT2D eigenvalue weighted by atomic mass is 35.5. The number of hydrogen-bond acceptors (Lipinski definition) is 4. The van der Waals surface area contributed by atoms with Crippen molar-refractivity contribution in [2.24, 2.45) is 0 Å². The number of esters is 1. The van der Waals surface area contributed by atoms with Gasteiger partial charge in [0.25, 0.3) is 11.8 Å². The Morgan fingerprint density at radius 3 is 2.57 bits per heavy atom. The standard InChI is InChI=1S/C20H20ClFN2O4/c1-12-5-3-4-6-15(12)20(27)23-10-9-18(25)28-13(2)19(26)24-17-8-7-14(21)11-16(17)22/h3-8,11,13H,9-10H2,1-2H3,(H,23,27)(H,24,26). The molecule has 0 saturated heterocycles. The maximum Gasteiger partial charge on any atom is 0.308 e. The molecule has 148 valence electrons. The van der Waals surface area contributed by atoms with E-state index in [0.29, 0.717) is 5.56 Å². The van der Waals surface area contributed by atoms with E-state index in [1.807, 2.05) is 19.1 Å². The maximum absolute atomic E-state index is 13.7. The molecule has 1 unspecified atom stereocenters. The van der Waals surface area contributed by atoms with Crippen molar-refractivity contribution in [1.29, 1.82) is 0 Å². The van der Waals surface area contributed by atoms with Crippen LogP contribution in [0.25, 0.3) is 0 Å². The molecule has 2 aromatic rings. The van der Waals surface area contributed by atoms with E-state index in [1.165, 1.54) is 19.1 Å². The summed E-state index contributed by atoms with van der Waals surface area (Å²) in [7, 11) is 0. The summed E-state index contributed by atoms with van der Waals surface area (Å²) in [5.74, 6) is -2.34. The highest BCUT2D eigenvalue weighted by Gasteiger charge is 2.19. The van der Waals surface area contributed by atoms with Gasteiger partial charge in [0.2, 0.25) is 0 Å². The molecule has 0 aliphatic rings. The summed E-state index contributed by atoms with van der Waals surface area (Å²) in [6.45, 7) is 3.24. The minimum atomic E-state index is -1.13. The minimum absolute atomic E-state index is 0.0617. The molecular formula is C20H20ClFN2O4. The smallest absolute Gasteiger partial charge is 0.308 e. The van der Waals surface area contributed by atoms with Gasteiger partial charge in [-0.1, -0.05) is 29.8 Å². The fourth-order valence-electron chi connectivity index (χ4n) is 2.34. The zero-order chi connectivity index (χ0) is 20.7. The molecule has 8 heteroatoms. The van der Waals surface area contributed by atoms with Crippen LogP contribution in [-0.4, -0.2) is 30.4 Å². The van der Waals surface area contributed by atoms with Crippen LogP contribution in [0.3, 0.4) is 0 Å². The lowest BCUT2D eigenvalue weighted by molar-refractivity contribution is -0.153. The molecule has 28 heavy (non-hydrogen) atoms. The number of rotatable bonds is 7. The Morgan fingerprint density at radius 1 is 1.18 bits per heavy atom. The molecule has 2 rings (SSSR count). The Balaban J connectivity index is 1.78. The first-order valence-corrected chi connectivity index (χ1v) is 8.95. The molecule has 0 aromatic heterocycles. The van der Waals surface area contributed by atoms with E-state index in [0.717, 1.165) is 11.6 Å². The summed E-state index contributed by atoms with van der Waals surface area (Å²) in [5, 5.41) is 5.15. The maximum atomic E-state index is 13.7. The van der Waals surface area contributed by atoms with E-state index in [2.05, 4.69) is 10.6 Å². The fourth-order valence-corrected chi connectivity index (χ4v) is 2.49. The number of amides is 2. The third-order valence-electron chi connectivity index (χ3n) is 3.87. The normalized spacial score (nSPS) is 11.4. The Bertz CT molecular complexity index is 888. The monoisotopic (exact) mass is 406 g/mol. The average molecular weight is 407 g/mol. The van der Waals surface area contributed by atoms with Crippen LogP contribution in [-0.2, 0) is 14.3 Å². The largest absolute Gasteiger partial charge is 0.452 e. The molecule has 1 atom stereocenters. The minimum Gasteiger partial charge on any atom is -0.452 e. The van der Waals surface area contributed by atoms with E-state index in [1.54, 1.807) is 12.1 Å². The van der Waals surface area contributed by atoms with Crippen LogP contribution < -0.4 is 10.6 Å². The first-order valence-electron chi connectivity index (χ1n) is 8.57. The van der Waals surface area contributed by atoms with Crippen molar-refractivity contribution in [1.82, 2.24) is 5.32 Å². The number of carbonyl (C=O) groups is 3. The highest BCUT2D eigenvalue weighted by molar-refractivity contribution is 6.30. The molecule has 0 spiro atoms. The summed E-state index contributed by atoms with van der Waals surface area (Å²) in [6, 6.07) is 10.9. The second-order valence-corrected chi connectivity index (χ2v) is 6.50. The summed E-state index contributed by atoms with van der Waals surface area (Å²) < 4.78 is 18.7. The van der Waals surface area contributed by atoms with E-state index in [-0.39, 0.29) is 29.6 Å². The second-order valence-electron chi connectivity index (χ2n) is 6.07. The van der Waals surface area contributed by atoms with E-state index < -0.39 is 23.8 Å². The molecule has 0 aliphatic carbocycles. The van der Waals surface area contributed by atoms with Crippen molar-refractivity contribution in [3.8, 4) is 0 Å². The Labute approximate surface area is 167 Å². The molecule has 0 saturated carbocycles. The van der Waals surface area contributed by atoms with Gasteiger partial charge in [-0.25, -0.2) is 4.39 Å². The van der Waals surface area contributed by atoms with Gasteiger partial charge >= 0.3 is 5.97 Å². The number of anilines is 1. The van der Waals surface area contributed by atoms with Crippen molar-refractivity contribution in [2.45, 2.75) is 26.4 Å². The second kappa shape index (κ2) is 9.85. The third-order valence-corrected chi connectivity index (χ3v) is 4.11. The molecule has 6 nitrogen and oxygen atoms in total. The van der Waals surface area contributed by atoms with Gasteiger partial charge in [0.1, 0.15) is 5.82 Å². The number of halogens is 2. The Morgan fingerprint density at radius 2 is 1.89 bits per heavy atom. The first kappa shape index (κ1) is 21.4. The number of benzene rings is 2. The van der Waals surface area contributed by atoms with Crippen molar-refractivity contribution in [2.75, 3.05) is 11.9 Å². The van der Waals surface area contributed by atoms with Gasteiger partial charge in [0.05, 0.1) is 12.1 Å². The van der Waals surface area contributed by atoms with E-state index in [4.69, 9.17) is 16.3 Å². The van der Waals surface area contributed by atoms with Gasteiger partial charge in [0.15, 0.2) is 6.10 Å². The van der Waals surface area contributed by atoms with Crippen molar-refractivity contribution < 1.29 is 23.5 Å². The molecule has 0 radical (unpaired) electrons. The predicted octanol–water partition coefficient (Wildman–Crippen LogP) is 3.48. The summed E-state index contributed by atoms with van der Waals surface area (Å²) in [5.41, 5.74) is 1.28. The summed E-state index contributed by atoms with van der Waals surface area (Å²) in [6.07, 6.45) is -1.24.